The highest BCUT2D eigenvalue weighted by atomic mass is 16.5. The Morgan fingerprint density at radius 2 is 2.19 bits per heavy atom. The number of carboxylic acid groups (broad SMARTS) is 1. The molecule has 0 aromatic carbocycles. The van der Waals surface area contributed by atoms with Crippen LogP contribution in [0, 0.1) is 5.41 Å². The number of piperidine rings is 1. The lowest BCUT2D eigenvalue weighted by Gasteiger charge is -2.42. The summed E-state index contributed by atoms with van der Waals surface area (Å²) in [6.07, 6.45) is 2.46. The number of nitrogens with zero attached hydrogens (tertiary/aromatic N) is 1. The lowest BCUT2D eigenvalue weighted by Crippen LogP contribution is -2.50. The van der Waals surface area contributed by atoms with Crippen molar-refractivity contribution >= 4 is 6.09 Å². The van der Waals surface area contributed by atoms with Crippen molar-refractivity contribution in [3.8, 4) is 0 Å². The third-order valence-electron chi connectivity index (χ3n) is 3.04. The lowest BCUT2D eigenvalue weighted by molar-refractivity contribution is 0.0710. The molecule has 0 aromatic heterocycles. The summed E-state index contributed by atoms with van der Waals surface area (Å²) in [4.78, 5) is 12.7. The molecule has 1 fully saturated rings. The summed E-state index contributed by atoms with van der Waals surface area (Å²) in [5.74, 6) is 0. The van der Waals surface area contributed by atoms with E-state index in [2.05, 4.69) is 20.8 Å². The van der Waals surface area contributed by atoms with Crippen molar-refractivity contribution in [1.82, 2.24) is 4.90 Å². The van der Waals surface area contributed by atoms with Gasteiger partial charge in [-0.2, -0.15) is 0 Å². The molecule has 0 radical (unpaired) electrons. The highest BCUT2D eigenvalue weighted by Gasteiger charge is 2.36. The monoisotopic (exact) mass is 227 g/mol. The summed E-state index contributed by atoms with van der Waals surface area (Å²) in [6, 6.07) is 0.0279. The molecule has 1 rings (SSSR count). The Morgan fingerprint density at radius 3 is 2.62 bits per heavy atom. The Kier molecular flexibility index (Phi) is 3.83. The second kappa shape index (κ2) is 4.76. The SMILES string of the molecule is COC=C1CCN(C(=O)O)C(C(C)(C)C)C1. The van der Waals surface area contributed by atoms with Crippen LogP contribution in [0.5, 0.6) is 0 Å². The van der Waals surface area contributed by atoms with E-state index < -0.39 is 6.09 Å². The molecule has 0 bridgehead atoms. The topological polar surface area (TPSA) is 49.8 Å². The van der Waals surface area contributed by atoms with Crippen LogP contribution in [0.15, 0.2) is 11.8 Å². The van der Waals surface area contributed by atoms with Crippen LogP contribution in [0.2, 0.25) is 0 Å². The summed E-state index contributed by atoms with van der Waals surface area (Å²) < 4.78 is 5.01. The molecule has 0 spiro atoms. The van der Waals surface area contributed by atoms with Crippen LogP contribution in [0.4, 0.5) is 4.79 Å². The predicted molar refractivity (Wildman–Crippen MR) is 62.3 cm³/mol. The number of rotatable bonds is 1. The number of hydrogen-bond acceptors (Lipinski definition) is 2. The van der Waals surface area contributed by atoms with E-state index in [1.807, 2.05) is 0 Å². The van der Waals surface area contributed by atoms with Crippen LogP contribution in [0.3, 0.4) is 0 Å². The fourth-order valence-electron chi connectivity index (χ4n) is 2.16. The first kappa shape index (κ1) is 12.9. The first-order valence-corrected chi connectivity index (χ1v) is 5.56. The molecule has 4 heteroatoms. The molecule has 0 saturated carbocycles. The van der Waals surface area contributed by atoms with Gasteiger partial charge in [0.2, 0.25) is 0 Å². The molecule has 1 N–H and O–H groups in total. The van der Waals surface area contributed by atoms with Gasteiger partial charge in [0, 0.05) is 12.6 Å². The molecule has 16 heavy (non-hydrogen) atoms. The summed E-state index contributed by atoms with van der Waals surface area (Å²) in [5, 5.41) is 9.16. The lowest BCUT2D eigenvalue weighted by atomic mass is 9.79. The second-order valence-corrected chi connectivity index (χ2v) is 5.32. The number of amides is 1. The highest BCUT2D eigenvalue weighted by molar-refractivity contribution is 5.66. The highest BCUT2D eigenvalue weighted by Crippen LogP contribution is 2.34. The number of ether oxygens (including phenoxy) is 1. The summed E-state index contributed by atoms with van der Waals surface area (Å²) in [7, 11) is 1.63. The van der Waals surface area contributed by atoms with Crippen LogP contribution in [0.1, 0.15) is 33.6 Å². The molecular formula is C12H21NO3. The summed E-state index contributed by atoms with van der Waals surface area (Å²) in [5.41, 5.74) is 1.14. The average Bonchev–Trinajstić information content (AvgIpc) is 2.16. The van der Waals surface area contributed by atoms with E-state index >= 15 is 0 Å². The van der Waals surface area contributed by atoms with Crippen LogP contribution in [0.25, 0.3) is 0 Å². The van der Waals surface area contributed by atoms with E-state index in [9.17, 15) is 4.79 Å². The fraction of sp³-hybridized carbons (Fsp3) is 0.750. The second-order valence-electron chi connectivity index (χ2n) is 5.32. The zero-order chi connectivity index (χ0) is 12.3. The standard InChI is InChI=1S/C12H21NO3/c1-12(2,3)10-7-9(8-16-4)5-6-13(10)11(14)15/h8,10H,5-7H2,1-4H3,(H,14,15). The van der Waals surface area contributed by atoms with Gasteiger partial charge in [0.15, 0.2) is 0 Å². The van der Waals surface area contributed by atoms with Crippen LogP contribution in [-0.2, 0) is 4.74 Å². The molecule has 0 aliphatic carbocycles. The Morgan fingerprint density at radius 1 is 1.56 bits per heavy atom. The van der Waals surface area contributed by atoms with E-state index in [-0.39, 0.29) is 11.5 Å². The molecule has 1 heterocycles. The normalized spacial score (nSPS) is 24.6. The van der Waals surface area contributed by atoms with Crippen molar-refractivity contribution in [2.24, 2.45) is 5.41 Å². The predicted octanol–water partition coefficient (Wildman–Crippen LogP) is 2.71. The molecule has 4 nitrogen and oxygen atoms in total. The molecule has 92 valence electrons. The van der Waals surface area contributed by atoms with E-state index in [4.69, 9.17) is 9.84 Å². The van der Waals surface area contributed by atoms with Gasteiger partial charge in [-0.3, -0.25) is 0 Å². The molecule has 1 unspecified atom stereocenters. The van der Waals surface area contributed by atoms with E-state index in [0.29, 0.717) is 6.54 Å². The smallest absolute Gasteiger partial charge is 0.407 e. The molecule has 1 atom stereocenters. The minimum absolute atomic E-state index is 0.0279. The zero-order valence-corrected chi connectivity index (χ0v) is 10.5. The van der Waals surface area contributed by atoms with Gasteiger partial charge >= 0.3 is 6.09 Å². The quantitative estimate of drug-likeness (QED) is 0.701. The van der Waals surface area contributed by atoms with Crippen molar-refractivity contribution in [3.05, 3.63) is 11.8 Å². The number of methoxy groups -OCH3 is 1. The minimum atomic E-state index is -0.823. The van der Waals surface area contributed by atoms with Crippen molar-refractivity contribution < 1.29 is 14.6 Å². The average molecular weight is 227 g/mol. The fourth-order valence-corrected chi connectivity index (χ4v) is 2.16. The third-order valence-corrected chi connectivity index (χ3v) is 3.04. The third kappa shape index (κ3) is 2.90. The number of likely N-dealkylation sites (tertiary alicyclic amines) is 1. The van der Waals surface area contributed by atoms with Gasteiger partial charge in [-0.15, -0.1) is 0 Å². The molecule has 1 saturated heterocycles. The van der Waals surface area contributed by atoms with Crippen molar-refractivity contribution in [2.45, 2.75) is 39.7 Å². The van der Waals surface area contributed by atoms with Gasteiger partial charge in [0.25, 0.3) is 0 Å². The van der Waals surface area contributed by atoms with E-state index in [1.165, 1.54) is 5.57 Å². The van der Waals surface area contributed by atoms with Gasteiger partial charge < -0.3 is 14.7 Å². The maximum atomic E-state index is 11.2. The van der Waals surface area contributed by atoms with Crippen LogP contribution in [-0.4, -0.2) is 35.8 Å². The molecule has 1 aliphatic rings. The van der Waals surface area contributed by atoms with Crippen molar-refractivity contribution in [2.75, 3.05) is 13.7 Å². The van der Waals surface area contributed by atoms with Gasteiger partial charge in [-0.25, -0.2) is 4.79 Å². The number of carbonyl (C=O) groups is 1. The van der Waals surface area contributed by atoms with Crippen LogP contribution >= 0.6 is 0 Å². The minimum Gasteiger partial charge on any atom is -0.504 e. The van der Waals surface area contributed by atoms with Gasteiger partial charge in [-0.05, 0) is 23.8 Å². The van der Waals surface area contributed by atoms with Crippen molar-refractivity contribution in [3.63, 3.8) is 0 Å². The Bertz CT molecular complexity index is 291. The van der Waals surface area contributed by atoms with E-state index in [0.717, 1.165) is 12.8 Å². The van der Waals surface area contributed by atoms with Gasteiger partial charge in [0.1, 0.15) is 0 Å². The maximum absolute atomic E-state index is 11.2. The van der Waals surface area contributed by atoms with Crippen LogP contribution < -0.4 is 0 Å². The first-order valence-electron chi connectivity index (χ1n) is 5.56. The zero-order valence-electron chi connectivity index (χ0n) is 10.5. The maximum Gasteiger partial charge on any atom is 0.407 e. The van der Waals surface area contributed by atoms with Crippen molar-refractivity contribution in [1.29, 1.82) is 0 Å². The largest absolute Gasteiger partial charge is 0.504 e. The molecule has 1 aliphatic heterocycles. The first-order chi connectivity index (χ1) is 7.36. The van der Waals surface area contributed by atoms with Gasteiger partial charge in [0.05, 0.1) is 13.4 Å². The Labute approximate surface area is 96.9 Å². The molecular weight excluding hydrogens is 206 g/mol. The molecule has 0 aromatic rings. The summed E-state index contributed by atoms with van der Waals surface area (Å²) in [6.45, 7) is 6.78. The Balaban J connectivity index is 2.86. The number of hydrogen-bond donors (Lipinski definition) is 1. The molecule has 1 amide bonds. The Hall–Kier alpha value is -1.19. The van der Waals surface area contributed by atoms with Gasteiger partial charge in [-0.1, -0.05) is 20.8 Å². The van der Waals surface area contributed by atoms with E-state index in [1.54, 1.807) is 18.3 Å². The summed E-state index contributed by atoms with van der Waals surface area (Å²) >= 11 is 0.